The van der Waals surface area contributed by atoms with Crippen LogP contribution in [0.15, 0.2) is 48.5 Å². The van der Waals surface area contributed by atoms with Crippen molar-refractivity contribution in [2.45, 2.75) is 31.7 Å². The first-order chi connectivity index (χ1) is 12.7. The van der Waals surface area contributed by atoms with Gasteiger partial charge in [-0.1, -0.05) is 36.4 Å². The maximum Gasteiger partial charge on any atom is 0.328 e. The standard InChI is InChI=1S/C21H23NO4/c1-25-21(24)19(12-15-6-3-2-4-7-15)22-20(23)14-26-18-11-10-16-8-5-9-17(16)13-18/h2-4,6-7,10-11,13,19H,5,8-9,12,14H2,1H3,(H,22,23). The molecule has 3 rings (SSSR count). The molecule has 5 nitrogen and oxygen atoms in total. The number of esters is 1. The first kappa shape index (κ1) is 18.0. The zero-order valence-electron chi connectivity index (χ0n) is 14.9. The van der Waals surface area contributed by atoms with E-state index >= 15 is 0 Å². The first-order valence-corrected chi connectivity index (χ1v) is 8.81. The van der Waals surface area contributed by atoms with Gasteiger partial charge in [0.2, 0.25) is 0 Å². The summed E-state index contributed by atoms with van der Waals surface area (Å²) in [7, 11) is 1.31. The van der Waals surface area contributed by atoms with Crippen LogP contribution in [0.2, 0.25) is 0 Å². The Morgan fingerprint density at radius 3 is 2.62 bits per heavy atom. The van der Waals surface area contributed by atoms with Gasteiger partial charge in [-0.15, -0.1) is 0 Å². The van der Waals surface area contributed by atoms with Crippen LogP contribution in [0.25, 0.3) is 0 Å². The van der Waals surface area contributed by atoms with Gasteiger partial charge in [0.25, 0.3) is 5.91 Å². The van der Waals surface area contributed by atoms with Crippen molar-refractivity contribution in [3.05, 3.63) is 65.2 Å². The highest BCUT2D eigenvalue weighted by Gasteiger charge is 2.22. The fraction of sp³-hybridized carbons (Fsp3) is 0.333. The van der Waals surface area contributed by atoms with Gasteiger partial charge in [0.15, 0.2) is 6.61 Å². The fourth-order valence-electron chi connectivity index (χ4n) is 3.21. The minimum absolute atomic E-state index is 0.138. The smallest absolute Gasteiger partial charge is 0.328 e. The van der Waals surface area contributed by atoms with Crippen molar-refractivity contribution in [2.75, 3.05) is 13.7 Å². The summed E-state index contributed by atoms with van der Waals surface area (Å²) < 4.78 is 10.4. The van der Waals surface area contributed by atoms with Crippen LogP contribution in [-0.2, 0) is 33.6 Å². The summed E-state index contributed by atoms with van der Waals surface area (Å²) in [4.78, 5) is 24.2. The average molecular weight is 353 g/mol. The predicted molar refractivity (Wildman–Crippen MR) is 98.1 cm³/mol. The molecular weight excluding hydrogens is 330 g/mol. The van der Waals surface area contributed by atoms with E-state index in [2.05, 4.69) is 11.4 Å². The van der Waals surface area contributed by atoms with E-state index in [-0.39, 0.29) is 12.5 Å². The number of methoxy groups -OCH3 is 1. The Balaban J connectivity index is 1.56. The molecule has 136 valence electrons. The SMILES string of the molecule is COC(=O)C(Cc1ccccc1)NC(=O)COc1ccc2c(c1)CCC2. The van der Waals surface area contributed by atoms with Gasteiger partial charge in [0.1, 0.15) is 11.8 Å². The molecule has 0 aromatic heterocycles. The van der Waals surface area contributed by atoms with Gasteiger partial charge in [-0.3, -0.25) is 4.79 Å². The Morgan fingerprint density at radius 1 is 1.08 bits per heavy atom. The molecule has 0 saturated carbocycles. The number of amides is 1. The highest BCUT2D eigenvalue weighted by molar-refractivity contribution is 5.85. The van der Waals surface area contributed by atoms with Crippen LogP contribution in [0.4, 0.5) is 0 Å². The van der Waals surface area contributed by atoms with E-state index in [1.807, 2.05) is 42.5 Å². The van der Waals surface area contributed by atoms with Gasteiger partial charge in [0.05, 0.1) is 7.11 Å². The van der Waals surface area contributed by atoms with Gasteiger partial charge in [-0.05, 0) is 48.1 Å². The number of rotatable bonds is 7. The zero-order valence-corrected chi connectivity index (χ0v) is 14.9. The van der Waals surface area contributed by atoms with Crippen molar-refractivity contribution in [1.82, 2.24) is 5.32 Å². The summed E-state index contributed by atoms with van der Waals surface area (Å²) in [6, 6.07) is 14.7. The molecule has 2 aromatic carbocycles. The topological polar surface area (TPSA) is 64.6 Å². The van der Waals surface area contributed by atoms with Gasteiger partial charge in [0, 0.05) is 6.42 Å². The molecular formula is C21H23NO4. The molecule has 1 unspecified atom stereocenters. The number of hydrogen-bond acceptors (Lipinski definition) is 4. The number of benzene rings is 2. The predicted octanol–water partition coefficient (Wildman–Crippen LogP) is 2.45. The van der Waals surface area contributed by atoms with E-state index in [1.165, 1.54) is 24.7 Å². The van der Waals surface area contributed by atoms with Crippen molar-refractivity contribution in [3.63, 3.8) is 0 Å². The zero-order chi connectivity index (χ0) is 18.4. The second-order valence-corrected chi connectivity index (χ2v) is 6.41. The van der Waals surface area contributed by atoms with Gasteiger partial charge >= 0.3 is 5.97 Å². The number of aryl methyl sites for hydroxylation is 2. The summed E-state index contributed by atoms with van der Waals surface area (Å²) in [5, 5.41) is 2.70. The van der Waals surface area contributed by atoms with E-state index in [4.69, 9.17) is 9.47 Å². The summed E-state index contributed by atoms with van der Waals surface area (Å²) in [6.45, 7) is -0.138. The lowest BCUT2D eigenvalue weighted by Crippen LogP contribution is -2.44. The maximum atomic E-state index is 12.2. The van der Waals surface area contributed by atoms with Crippen LogP contribution in [0, 0.1) is 0 Å². The number of ether oxygens (including phenoxy) is 2. The molecule has 1 aliphatic rings. The molecule has 5 heteroatoms. The van der Waals surface area contributed by atoms with Crippen LogP contribution in [0.1, 0.15) is 23.1 Å². The van der Waals surface area contributed by atoms with Gasteiger partial charge in [-0.25, -0.2) is 4.79 Å². The number of carbonyl (C=O) groups excluding carboxylic acids is 2. The number of nitrogens with one attached hydrogen (secondary N) is 1. The molecule has 1 aliphatic carbocycles. The van der Waals surface area contributed by atoms with E-state index in [1.54, 1.807) is 0 Å². The molecule has 0 bridgehead atoms. The summed E-state index contributed by atoms with van der Waals surface area (Å²) in [5.74, 6) is -0.143. The van der Waals surface area contributed by atoms with E-state index < -0.39 is 12.0 Å². The fourth-order valence-corrected chi connectivity index (χ4v) is 3.21. The van der Waals surface area contributed by atoms with Gasteiger partial charge in [-0.2, -0.15) is 0 Å². The molecule has 0 saturated heterocycles. The third-order valence-electron chi connectivity index (χ3n) is 4.54. The first-order valence-electron chi connectivity index (χ1n) is 8.81. The molecule has 2 aromatic rings. The Hall–Kier alpha value is -2.82. The molecule has 26 heavy (non-hydrogen) atoms. The molecule has 0 spiro atoms. The van der Waals surface area contributed by atoms with Crippen LogP contribution in [0.3, 0.4) is 0 Å². The second-order valence-electron chi connectivity index (χ2n) is 6.41. The van der Waals surface area contributed by atoms with Crippen molar-refractivity contribution in [2.24, 2.45) is 0 Å². The lowest BCUT2D eigenvalue weighted by Gasteiger charge is -2.17. The highest BCUT2D eigenvalue weighted by Crippen LogP contribution is 2.25. The van der Waals surface area contributed by atoms with E-state index in [0.29, 0.717) is 12.2 Å². The number of fused-ring (bicyclic) bond motifs is 1. The Kier molecular flexibility index (Phi) is 5.89. The molecule has 1 atom stereocenters. The minimum Gasteiger partial charge on any atom is -0.484 e. The van der Waals surface area contributed by atoms with Crippen molar-refractivity contribution >= 4 is 11.9 Å². The molecule has 1 amide bonds. The number of hydrogen-bond donors (Lipinski definition) is 1. The Labute approximate surface area is 153 Å². The Morgan fingerprint density at radius 2 is 1.85 bits per heavy atom. The lowest BCUT2D eigenvalue weighted by molar-refractivity contribution is -0.145. The molecule has 0 aliphatic heterocycles. The lowest BCUT2D eigenvalue weighted by atomic mass is 10.1. The maximum absolute atomic E-state index is 12.2. The largest absolute Gasteiger partial charge is 0.484 e. The Bertz CT molecular complexity index is 773. The summed E-state index contributed by atoms with van der Waals surface area (Å²) >= 11 is 0. The molecule has 0 fully saturated rings. The summed E-state index contributed by atoms with van der Waals surface area (Å²) in [5.41, 5.74) is 3.59. The third-order valence-corrected chi connectivity index (χ3v) is 4.54. The minimum atomic E-state index is -0.737. The van der Waals surface area contributed by atoms with Crippen LogP contribution in [0.5, 0.6) is 5.75 Å². The van der Waals surface area contributed by atoms with Crippen molar-refractivity contribution < 1.29 is 19.1 Å². The normalized spacial score (nSPS) is 13.6. The quantitative estimate of drug-likeness (QED) is 0.777. The second kappa shape index (κ2) is 8.52. The third kappa shape index (κ3) is 4.63. The number of carbonyl (C=O) groups is 2. The molecule has 1 N–H and O–H groups in total. The van der Waals surface area contributed by atoms with E-state index in [0.717, 1.165) is 18.4 Å². The van der Waals surface area contributed by atoms with Crippen LogP contribution < -0.4 is 10.1 Å². The summed E-state index contributed by atoms with van der Waals surface area (Å²) in [6.07, 6.45) is 3.70. The van der Waals surface area contributed by atoms with E-state index in [9.17, 15) is 9.59 Å². The monoisotopic (exact) mass is 353 g/mol. The van der Waals surface area contributed by atoms with Crippen molar-refractivity contribution in [3.8, 4) is 5.75 Å². The van der Waals surface area contributed by atoms with Crippen LogP contribution in [-0.4, -0.2) is 31.6 Å². The average Bonchev–Trinajstić information content (AvgIpc) is 3.14. The molecule has 0 heterocycles. The van der Waals surface area contributed by atoms with Crippen LogP contribution >= 0.6 is 0 Å². The van der Waals surface area contributed by atoms with Crippen molar-refractivity contribution in [1.29, 1.82) is 0 Å². The highest BCUT2D eigenvalue weighted by atomic mass is 16.5. The molecule has 0 radical (unpaired) electrons. The van der Waals surface area contributed by atoms with Gasteiger partial charge < -0.3 is 14.8 Å².